The first-order valence-corrected chi connectivity index (χ1v) is 9.87. The maximum atomic E-state index is 13.3. The second-order valence-electron chi connectivity index (χ2n) is 7.60. The molecule has 3 N–H and O–H groups in total. The molecule has 4 amide bonds. The molecule has 1 atom stereocenters. The molecule has 162 valence electrons. The highest BCUT2D eigenvalue weighted by atomic mass is 35.5. The van der Waals surface area contributed by atoms with Crippen molar-refractivity contribution in [3.05, 3.63) is 58.6 Å². The van der Waals surface area contributed by atoms with Gasteiger partial charge in [-0.15, -0.1) is 0 Å². The average Bonchev–Trinajstić information content (AvgIpc) is 3.52. The summed E-state index contributed by atoms with van der Waals surface area (Å²) in [5.41, 5.74) is -1.69. The largest absolute Gasteiger partial charge is 0.416 e. The molecule has 1 aliphatic carbocycles. The number of amides is 4. The molecule has 1 heterocycles. The first-order valence-electron chi connectivity index (χ1n) is 9.49. The summed E-state index contributed by atoms with van der Waals surface area (Å²) in [7, 11) is 0. The van der Waals surface area contributed by atoms with Crippen molar-refractivity contribution in [3.8, 4) is 11.1 Å². The van der Waals surface area contributed by atoms with E-state index in [1.807, 2.05) is 0 Å². The summed E-state index contributed by atoms with van der Waals surface area (Å²) >= 11 is 5.87. The number of halogens is 4. The Labute approximate surface area is 180 Å². The van der Waals surface area contributed by atoms with Crippen LogP contribution in [0.15, 0.2) is 42.5 Å². The fourth-order valence-electron chi connectivity index (χ4n) is 3.74. The summed E-state index contributed by atoms with van der Waals surface area (Å²) in [5.74, 6) is -1.29. The number of nitrogens with one attached hydrogen (secondary N) is 3. The Morgan fingerprint density at radius 3 is 2.35 bits per heavy atom. The van der Waals surface area contributed by atoms with Crippen molar-refractivity contribution in [2.75, 3.05) is 6.54 Å². The molecule has 2 aliphatic rings. The van der Waals surface area contributed by atoms with Crippen LogP contribution >= 0.6 is 11.6 Å². The van der Waals surface area contributed by atoms with E-state index in [1.54, 1.807) is 0 Å². The predicted molar refractivity (Wildman–Crippen MR) is 106 cm³/mol. The zero-order valence-corrected chi connectivity index (χ0v) is 16.7. The molecule has 2 fully saturated rings. The van der Waals surface area contributed by atoms with Gasteiger partial charge in [0.2, 0.25) is 0 Å². The minimum atomic E-state index is -4.58. The van der Waals surface area contributed by atoms with Crippen molar-refractivity contribution >= 4 is 29.4 Å². The molecule has 0 aromatic heterocycles. The summed E-state index contributed by atoms with van der Waals surface area (Å²) in [4.78, 5) is 36.9. The fraction of sp³-hybridized carbons (Fsp3) is 0.286. The van der Waals surface area contributed by atoms with Gasteiger partial charge in [0.15, 0.2) is 0 Å². The number of alkyl halides is 3. The predicted octanol–water partition coefficient (Wildman–Crippen LogP) is 3.74. The van der Waals surface area contributed by atoms with Crippen LogP contribution in [-0.4, -0.2) is 29.9 Å². The maximum absolute atomic E-state index is 13.3. The van der Waals surface area contributed by atoms with Gasteiger partial charge in [-0.2, -0.15) is 13.2 Å². The van der Waals surface area contributed by atoms with Crippen LogP contribution in [0.4, 0.5) is 18.0 Å². The topological polar surface area (TPSA) is 87.3 Å². The van der Waals surface area contributed by atoms with E-state index in [9.17, 15) is 27.6 Å². The number of imide groups is 1. The Morgan fingerprint density at radius 1 is 1.13 bits per heavy atom. The molecular formula is C21H17ClF3N3O3. The van der Waals surface area contributed by atoms with Gasteiger partial charge in [-0.1, -0.05) is 23.7 Å². The van der Waals surface area contributed by atoms with Crippen molar-refractivity contribution in [1.82, 2.24) is 16.0 Å². The molecule has 1 saturated heterocycles. The lowest BCUT2D eigenvalue weighted by Gasteiger charge is -2.26. The van der Waals surface area contributed by atoms with Gasteiger partial charge in [0, 0.05) is 10.6 Å². The molecule has 0 unspecified atom stereocenters. The van der Waals surface area contributed by atoms with E-state index in [1.165, 1.54) is 24.3 Å². The van der Waals surface area contributed by atoms with Crippen LogP contribution in [0.3, 0.4) is 0 Å². The quantitative estimate of drug-likeness (QED) is 0.605. The first-order chi connectivity index (χ1) is 14.6. The lowest BCUT2D eigenvalue weighted by Crippen LogP contribution is -2.57. The van der Waals surface area contributed by atoms with Gasteiger partial charge in [-0.25, -0.2) is 4.79 Å². The van der Waals surface area contributed by atoms with Crippen molar-refractivity contribution in [3.63, 3.8) is 0 Å². The molecule has 0 bridgehead atoms. The summed E-state index contributed by atoms with van der Waals surface area (Å²) in [6.45, 7) is -0.171. The van der Waals surface area contributed by atoms with E-state index in [0.29, 0.717) is 10.6 Å². The van der Waals surface area contributed by atoms with Crippen LogP contribution < -0.4 is 16.0 Å². The lowest BCUT2D eigenvalue weighted by atomic mass is 9.92. The van der Waals surface area contributed by atoms with Gasteiger partial charge in [-0.3, -0.25) is 14.9 Å². The van der Waals surface area contributed by atoms with Crippen molar-refractivity contribution < 1.29 is 27.6 Å². The van der Waals surface area contributed by atoms with E-state index < -0.39 is 35.1 Å². The second kappa shape index (κ2) is 7.56. The summed E-state index contributed by atoms with van der Waals surface area (Å²) in [5, 5.41) is 7.78. The smallest absolute Gasteiger partial charge is 0.349 e. The third-order valence-corrected chi connectivity index (χ3v) is 5.77. The number of hydrogen-bond acceptors (Lipinski definition) is 3. The number of rotatable bonds is 5. The van der Waals surface area contributed by atoms with E-state index in [4.69, 9.17) is 11.6 Å². The SMILES string of the molecule is O=C1NC(=O)[C@](CNC(=O)c2ccc(C(F)(F)F)cc2-c2ccc(Cl)cc2)(C2CC2)N1. The number of benzene rings is 2. The average molecular weight is 452 g/mol. The summed E-state index contributed by atoms with van der Waals surface area (Å²) in [6, 6.07) is 8.25. The van der Waals surface area contributed by atoms with E-state index in [-0.39, 0.29) is 23.6 Å². The molecule has 2 aromatic carbocycles. The van der Waals surface area contributed by atoms with Crippen LogP contribution in [0.1, 0.15) is 28.8 Å². The molecule has 0 radical (unpaired) electrons. The number of urea groups is 1. The standard InChI is InChI=1S/C21H17ClF3N3O3/c22-14-6-1-11(2-7-14)16-9-13(21(23,24)25)5-8-15(16)17(29)26-10-20(12-3-4-12)18(30)27-19(31)28-20/h1-2,5-9,12H,3-4,10H2,(H,26,29)(H2,27,28,30,31)/t20-/m0/s1. The zero-order chi connectivity index (χ0) is 22.4. The van der Waals surface area contributed by atoms with Gasteiger partial charge in [-0.05, 0) is 60.2 Å². The normalized spacial score (nSPS) is 20.9. The van der Waals surface area contributed by atoms with Crippen molar-refractivity contribution in [1.29, 1.82) is 0 Å². The van der Waals surface area contributed by atoms with E-state index >= 15 is 0 Å². The summed E-state index contributed by atoms with van der Waals surface area (Å²) in [6.07, 6.45) is -3.14. The maximum Gasteiger partial charge on any atom is 0.416 e. The molecule has 1 aliphatic heterocycles. The van der Waals surface area contributed by atoms with E-state index in [0.717, 1.165) is 31.0 Å². The van der Waals surface area contributed by atoms with E-state index in [2.05, 4.69) is 16.0 Å². The fourth-order valence-corrected chi connectivity index (χ4v) is 3.87. The van der Waals surface area contributed by atoms with Crippen LogP contribution in [0.5, 0.6) is 0 Å². The third kappa shape index (κ3) is 4.10. The Bertz CT molecular complexity index is 1070. The van der Waals surface area contributed by atoms with Gasteiger partial charge in [0.05, 0.1) is 12.1 Å². The zero-order valence-electron chi connectivity index (χ0n) is 16.0. The highest BCUT2D eigenvalue weighted by Gasteiger charge is 2.56. The van der Waals surface area contributed by atoms with Crippen LogP contribution in [0.25, 0.3) is 11.1 Å². The minimum absolute atomic E-state index is 0.00556. The molecule has 2 aromatic rings. The van der Waals surface area contributed by atoms with Crippen molar-refractivity contribution in [2.45, 2.75) is 24.6 Å². The Balaban J connectivity index is 1.65. The highest BCUT2D eigenvalue weighted by molar-refractivity contribution is 6.30. The molecule has 6 nitrogen and oxygen atoms in total. The Morgan fingerprint density at radius 2 is 1.81 bits per heavy atom. The van der Waals surface area contributed by atoms with Gasteiger partial charge in [0.25, 0.3) is 11.8 Å². The Hall–Kier alpha value is -3.07. The molecule has 0 spiro atoms. The van der Waals surface area contributed by atoms with Crippen LogP contribution in [0.2, 0.25) is 5.02 Å². The second-order valence-corrected chi connectivity index (χ2v) is 8.04. The third-order valence-electron chi connectivity index (χ3n) is 5.52. The van der Waals surface area contributed by atoms with Gasteiger partial charge in [0.1, 0.15) is 5.54 Å². The molecule has 10 heteroatoms. The van der Waals surface area contributed by atoms with Gasteiger partial charge >= 0.3 is 12.2 Å². The molecule has 4 rings (SSSR count). The molecular weight excluding hydrogens is 435 g/mol. The highest BCUT2D eigenvalue weighted by Crippen LogP contribution is 2.41. The van der Waals surface area contributed by atoms with Gasteiger partial charge < -0.3 is 10.6 Å². The van der Waals surface area contributed by atoms with Crippen LogP contribution in [0, 0.1) is 5.92 Å². The van der Waals surface area contributed by atoms with Crippen LogP contribution in [-0.2, 0) is 11.0 Å². The molecule has 31 heavy (non-hydrogen) atoms. The van der Waals surface area contributed by atoms with Crippen molar-refractivity contribution in [2.24, 2.45) is 5.92 Å². The Kier molecular flexibility index (Phi) is 5.17. The lowest BCUT2D eigenvalue weighted by molar-refractivity contribution is -0.137. The number of carbonyl (C=O) groups excluding carboxylic acids is 3. The monoisotopic (exact) mass is 451 g/mol. The first kappa shape index (κ1) is 21.2. The summed E-state index contributed by atoms with van der Waals surface area (Å²) < 4.78 is 39.8. The molecule has 1 saturated carbocycles. The number of hydrogen-bond donors (Lipinski definition) is 3. The number of carbonyl (C=O) groups is 3. The minimum Gasteiger partial charge on any atom is -0.349 e.